The largest absolute Gasteiger partial charge is 0.485 e. The fourth-order valence-electron chi connectivity index (χ4n) is 5.47. The lowest BCUT2D eigenvalue weighted by Gasteiger charge is -2.33. The average Bonchev–Trinajstić information content (AvgIpc) is 3.73. The molecule has 0 fully saturated rings. The van der Waals surface area contributed by atoms with E-state index in [1.54, 1.807) is 41.5 Å². The minimum absolute atomic E-state index is 0.259. The highest BCUT2D eigenvalue weighted by Gasteiger charge is 2.46. The third-order valence-corrected chi connectivity index (χ3v) is 15.2. The van der Waals surface area contributed by atoms with Crippen molar-refractivity contribution < 1.29 is 23.7 Å². The molecule has 0 amide bonds. The van der Waals surface area contributed by atoms with Crippen LogP contribution in [0.4, 0.5) is 0 Å². The number of thiophene rings is 4. The minimum atomic E-state index is -0.509. The van der Waals surface area contributed by atoms with Gasteiger partial charge >= 0.3 is 0 Å². The van der Waals surface area contributed by atoms with Gasteiger partial charge in [-0.15, -0.1) is 45.3 Å². The summed E-state index contributed by atoms with van der Waals surface area (Å²) in [5.41, 5.74) is 0.729. The van der Waals surface area contributed by atoms with Crippen molar-refractivity contribution in [3.8, 4) is 32.8 Å². The van der Waals surface area contributed by atoms with E-state index < -0.39 is 4.93 Å². The number of fused-ring (bicyclic) bond motifs is 2. The Morgan fingerprint density at radius 3 is 1.83 bits per heavy atom. The maximum atomic E-state index is 6.29. The Morgan fingerprint density at radius 2 is 1.29 bits per heavy atom. The first-order chi connectivity index (χ1) is 19.7. The molecule has 1 unspecified atom stereocenters. The fraction of sp³-hybridized carbons (Fsp3) is 0.419. The quantitative estimate of drug-likeness (QED) is 0.200. The molecule has 7 rings (SSSR count). The summed E-state index contributed by atoms with van der Waals surface area (Å²) in [6, 6.07) is 6.74. The second kappa shape index (κ2) is 10.1. The molecule has 0 saturated heterocycles. The molecule has 0 aromatic carbocycles. The summed E-state index contributed by atoms with van der Waals surface area (Å²) < 4.78 is 31.0. The highest BCUT2D eigenvalue weighted by Crippen LogP contribution is 2.61. The topological polar surface area (TPSA) is 46.2 Å². The smallest absolute Gasteiger partial charge is 0.181 e. The van der Waals surface area contributed by atoms with Crippen LogP contribution in [0.1, 0.15) is 57.6 Å². The molecule has 10 heteroatoms. The molecule has 3 aliphatic heterocycles. The van der Waals surface area contributed by atoms with Crippen molar-refractivity contribution >= 4 is 57.1 Å². The highest BCUT2D eigenvalue weighted by molar-refractivity contribution is 8.04. The molecule has 41 heavy (non-hydrogen) atoms. The number of aryl methyl sites for hydroxylation is 1. The van der Waals surface area contributed by atoms with E-state index in [1.807, 2.05) is 22.7 Å². The fourth-order valence-corrected chi connectivity index (χ4v) is 11.6. The van der Waals surface area contributed by atoms with E-state index in [0.29, 0.717) is 26.4 Å². The van der Waals surface area contributed by atoms with Gasteiger partial charge in [-0.2, -0.15) is 0 Å². The molecule has 0 aliphatic carbocycles. The SMILES string of the molecule is COC1(c2sc(C(C)(C)c3ccc(C(C)(C)c4sc(-c5sccc5C)c5c4OCCO5)s3)c3c2OCCO3)C=CS1. The number of thioether (sulfide) groups is 1. The summed E-state index contributed by atoms with van der Waals surface area (Å²) >= 11 is 8.85. The summed E-state index contributed by atoms with van der Waals surface area (Å²) in [4.78, 5) is 7.97. The van der Waals surface area contributed by atoms with Crippen molar-refractivity contribution in [1.82, 2.24) is 0 Å². The predicted octanol–water partition coefficient (Wildman–Crippen LogP) is 9.16. The third kappa shape index (κ3) is 4.24. The van der Waals surface area contributed by atoms with Crippen molar-refractivity contribution in [2.45, 2.75) is 50.4 Å². The van der Waals surface area contributed by atoms with Crippen LogP contribution in [0.25, 0.3) is 9.75 Å². The Kier molecular flexibility index (Phi) is 6.84. The Labute approximate surface area is 261 Å². The van der Waals surface area contributed by atoms with Crippen LogP contribution in [-0.2, 0) is 20.5 Å². The third-order valence-electron chi connectivity index (χ3n) is 7.99. The van der Waals surface area contributed by atoms with Crippen LogP contribution in [-0.4, -0.2) is 33.5 Å². The van der Waals surface area contributed by atoms with Gasteiger partial charge in [-0.25, -0.2) is 0 Å². The van der Waals surface area contributed by atoms with Crippen molar-refractivity contribution in [2.24, 2.45) is 0 Å². The van der Waals surface area contributed by atoms with Gasteiger partial charge in [0.1, 0.15) is 26.4 Å². The van der Waals surface area contributed by atoms with Gasteiger partial charge in [0, 0.05) is 27.7 Å². The first-order valence-electron chi connectivity index (χ1n) is 13.6. The Morgan fingerprint density at radius 1 is 0.732 bits per heavy atom. The van der Waals surface area contributed by atoms with E-state index in [-0.39, 0.29) is 10.8 Å². The summed E-state index contributed by atoms with van der Waals surface area (Å²) in [5.74, 6) is 3.50. The van der Waals surface area contributed by atoms with Gasteiger partial charge in [0.05, 0.1) is 24.4 Å². The molecule has 0 bridgehead atoms. The Balaban J connectivity index is 1.28. The van der Waals surface area contributed by atoms with Crippen LogP contribution in [0.3, 0.4) is 0 Å². The summed E-state index contributed by atoms with van der Waals surface area (Å²) in [6.07, 6.45) is 2.10. The second-order valence-electron chi connectivity index (χ2n) is 11.4. The van der Waals surface area contributed by atoms with Crippen LogP contribution in [0, 0.1) is 6.92 Å². The zero-order valence-corrected chi connectivity index (χ0v) is 28.0. The molecule has 3 aliphatic rings. The number of hydrogen-bond donors (Lipinski definition) is 0. The van der Waals surface area contributed by atoms with Crippen LogP contribution >= 0.6 is 57.1 Å². The zero-order chi connectivity index (χ0) is 28.6. The molecule has 4 aromatic heterocycles. The summed E-state index contributed by atoms with van der Waals surface area (Å²) in [7, 11) is 1.76. The molecule has 0 spiro atoms. The lowest BCUT2D eigenvalue weighted by Crippen LogP contribution is -2.26. The van der Waals surface area contributed by atoms with E-state index >= 15 is 0 Å². The monoisotopic (exact) mass is 644 g/mol. The van der Waals surface area contributed by atoms with E-state index in [9.17, 15) is 0 Å². The van der Waals surface area contributed by atoms with Crippen molar-refractivity contribution in [2.75, 3.05) is 33.5 Å². The van der Waals surface area contributed by atoms with Gasteiger partial charge in [-0.3, -0.25) is 0 Å². The molecular weight excluding hydrogens is 613 g/mol. The van der Waals surface area contributed by atoms with Gasteiger partial charge in [-0.1, -0.05) is 11.8 Å². The van der Waals surface area contributed by atoms with Crippen molar-refractivity contribution in [3.63, 3.8) is 0 Å². The molecule has 0 saturated carbocycles. The molecule has 7 heterocycles. The number of methoxy groups -OCH3 is 1. The lowest BCUT2D eigenvalue weighted by molar-refractivity contribution is 0.103. The molecule has 0 radical (unpaired) electrons. The van der Waals surface area contributed by atoms with Gasteiger partial charge in [0.2, 0.25) is 0 Å². The lowest BCUT2D eigenvalue weighted by atomic mass is 9.87. The molecule has 5 nitrogen and oxygen atoms in total. The zero-order valence-electron chi connectivity index (χ0n) is 23.9. The van der Waals surface area contributed by atoms with E-state index in [2.05, 4.69) is 69.7 Å². The predicted molar refractivity (Wildman–Crippen MR) is 173 cm³/mol. The molecule has 1 atom stereocenters. The molecule has 4 aromatic rings. The summed E-state index contributed by atoms with van der Waals surface area (Å²) in [6.45, 7) is 13.6. The normalized spacial score (nSPS) is 19.9. The first-order valence-corrected chi connectivity index (χ1v) is 17.8. The standard InChI is InChI=1S/C31H32O5S5/c1-17-9-15-37-24(17)25-20-21(34-12-11-33-20)26(40-25)29(2,3)18-7-8-19(39-18)30(4,5)27-22-23(36-14-13-35-22)28(41-27)31(32-6)10-16-38-31/h7-10,15-16H,11-14H2,1-6H3. The number of rotatable bonds is 7. The molecular formula is C31H32O5S5. The summed E-state index contributed by atoms with van der Waals surface area (Å²) in [5, 5.41) is 4.22. The maximum absolute atomic E-state index is 6.29. The van der Waals surface area contributed by atoms with Gasteiger partial charge in [0.25, 0.3) is 0 Å². The second-order valence-corrected chi connectivity index (χ2v) is 16.5. The maximum Gasteiger partial charge on any atom is 0.181 e. The molecule has 216 valence electrons. The average molecular weight is 645 g/mol. The van der Waals surface area contributed by atoms with E-state index in [4.69, 9.17) is 23.7 Å². The van der Waals surface area contributed by atoms with Crippen molar-refractivity contribution in [1.29, 1.82) is 0 Å². The van der Waals surface area contributed by atoms with Crippen molar-refractivity contribution in [3.05, 3.63) is 65.0 Å². The number of hydrogen-bond acceptors (Lipinski definition) is 10. The Bertz CT molecular complexity index is 1650. The van der Waals surface area contributed by atoms with E-state index in [0.717, 1.165) is 27.9 Å². The van der Waals surface area contributed by atoms with E-state index in [1.165, 1.54) is 34.8 Å². The first kappa shape index (κ1) is 27.9. The van der Waals surface area contributed by atoms with Crippen LogP contribution in [0.5, 0.6) is 23.0 Å². The van der Waals surface area contributed by atoms with Crippen LogP contribution in [0.15, 0.2) is 35.1 Å². The Hall–Kier alpha value is -1.95. The van der Waals surface area contributed by atoms with Crippen LogP contribution in [0.2, 0.25) is 0 Å². The molecule has 0 N–H and O–H groups in total. The van der Waals surface area contributed by atoms with Gasteiger partial charge in [-0.05, 0) is 75.2 Å². The highest BCUT2D eigenvalue weighted by atomic mass is 32.2. The van der Waals surface area contributed by atoms with Gasteiger partial charge < -0.3 is 23.7 Å². The van der Waals surface area contributed by atoms with Gasteiger partial charge in [0.15, 0.2) is 27.9 Å². The number of ether oxygens (including phenoxy) is 5. The van der Waals surface area contributed by atoms with Crippen LogP contribution < -0.4 is 18.9 Å². The minimum Gasteiger partial charge on any atom is -0.485 e.